The van der Waals surface area contributed by atoms with E-state index in [9.17, 15) is 35.1 Å². The highest BCUT2D eigenvalue weighted by Crippen LogP contribution is 2.36. The molecule has 160 valence electrons. The number of aromatic nitrogens is 2. The predicted molar refractivity (Wildman–Crippen MR) is 95.4 cm³/mol. The van der Waals surface area contributed by atoms with Crippen molar-refractivity contribution in [2.75, 3.05) is 5.75 Å². The van der Waals surface area contributed by atoms with Crippen molar-refractivity contribution in [2.45, 2.75) is 24.2 Å². The molecule has 2 nitrogen and oxygen atoms in total. The van der Waals surface area contributed by atoms with Crippen molar-refractivity contribution in [3.63, 3.8) is 0 Å². The van der Waals surface area contributed by atoms with Gasteiger partial charge in [0, 0.05) is 16.5 Å². The Morgan fingerprint density at radius 3 is 2.27 bits per heavy atom. The van der Waals surface area contributed by atoms with Gasteiger partial charge in [0.1, 0.15) is 17.3 Å². The quantitative estimate of drug-likeness (QED) is 0.320. The van der Waals surface area contributed by atoms with Crippen LogP contribution in [0, 0.1) is 18.6 Å². The van der Waals surface area contributed by atoms with Crippen molar-refractivity contribution in [3.8, 4) is 16.9 Å². The van der Waals surface area contributed by atoms with E-state index >= 15 is 0 Å². The molecule has 11 heteroatoms. The standard InChI is InChI=1S/C19H12F8N2S/c1-10-2-3-11(6-16(10)30-9-18(22,23)24)14-8-17(19(25,26)27)28-29(14)15-7-12(20)4-5-13(15)21/h2-8H,9H2,1H3. The second kappa shape index (κ2) is 7.93. The molecule has 0 saturated carbocycles. The second-order valence-electron chi connectivity index (χ2n) is 6.30. The maximum absolute atomic E-state index is 14.2. The maximum Gasteiger partial charge on any atom is 0.435 e. The Bertz CT molecular complexity index is 1070. The molecule has 0 bridgehead atoms. The van der Waals surface area contributed by atoms with Crippen LogP contribution in [0.2, 0.25) is 0 Å². The molecule has 1 heterocycles. The minimum atomic E-state index is -4.87. The van der Waals surface area contributed by atoms with Crippen molar-refractivity contribution in [2.24, 2.45) is 0 Å². The van der Waals surface area contributed by atoms with Gasteiger partial charge in [0.25, 0.3) is 0 Å². The lowest BCUT2D eigenvalue weighted by molar-refractivity contribution is -0.141. The molecular weight excluding hydrogens is 440 g/mol. The van der Waals surface area contributed by atoms with Crippen molar-refractivity contribution >= 4 is 11.8 Å². The SMILES string of the molecule is Cc1ccc(-c2cc(C(F)(F)F)nn2-c2cc(F)ccc2F)cc1SCC(F)(F)F. The van der Waals surface area contributed by atoms with Gasteiger partial charge < -0.3 is 0 Å². The molecule has 0 radical (unpaired) electrons. The van der Waals surface area contributed by atoms with Crippen LogP contribution in [0.1, 0.15) is 11.3 Å². The molecule has 0 aliphatic heterocycles. The Labute approximate surface area is 169 Å². The fraction of sp³-hybridized carbons (Fsp3) is 0.211. The fourth-order valence-corrected chi connectivity index (χ4v) is 3.46. The molecule has 0 N–H and O–H groups in total. The van der Waals surface area contributed by atoms with Crippen LogP contribution in [0.4, 0.5) is 35.1 Å². The topological polar surface area (TPSA) is 17.8 Å². The van der Waals surface area contributed by atoms with Gasteiger partial charge in [0.2, 0.25) is 0 Å². The summed E-state index contributed by atoms with van der Waals surface area (Å²) in [5.41, 5.74) is -1.62. The van der Waals surface area contributed by atoms with Gasteiger partial charge in [-0.3, -0.25) is 0 Å². The third-order valence-electron chi connectivity index (χ3n) is 4.01. The van der Waals surface area contributed by atoms with E-state index in [1.165, 1.54) is 18.2 Å². The lowest BCUT2D eigenvalue weighted by Gasteiger charge is -2.12. The van der Waals surface area contributed by atoms with Crippen LogP contribution in [0.15, 0.2) is 47.4 Å². The molecule has 0 aliphatic carbocycles. The first-order chi connectivity index (χ1) is 13.8. The van der Waals surface area contributed by atoms with Gasteiger partial charge in [-0.05, 0) is 36.8 Å². The molecule has 0 saturated heterocycles. The molecule has 0 amide bonds. The second-order valence-corrected chi connectivity index (χ2v) is 7.32. The van der Waals surface area contributed by atoms with E-state index in [0.29, 0.717) is 34.1 Å². The number of thioether (sulfide) groups is 1. The molecular formula is C19H12F8N2S. The zero-order valence-corrected chi connectivity index (χ0v) is 15.9. The number of nitrogens with zero attached hydrogens (tertiary/aromatic N) is 2. The number of hydrogen-bond acceptors (Lipinski definition) is 2. The average Bonchev–Trinajstić information content (AvgIpc) is 3.08. The Hall–Kier alpha value is -2.56. The van der Waals surface area contributed by atoms with Gasteiger partial charge in [0.05, 0.1) is 11.4 Å². The smallest absolute Gasteiger partial charge is 0.229 e. The lowest BCUT2D eigenvalue weighted by atomic mass is 10.1. The number of alkyl halides is 6. The first kappa shape index (κ1) is 22.1. The molecule has 0 unspecified atom stereocenters. The Balaban J connectivity index is 2.16. The minimum absolute atomic E-state index is 0.0666. The van der Waals surface area contributed by atoms with Gasteiger partial charge in [-0.1, -0.05) is 12.1 Å². The Morgan fingerprint density at radius 2 is 1.63 bits per heavy atom. The van der Waals surface area contributed by atoms with Crippen LogP contribution in [-0.2, 0) is 6.18 Å². The van der Waals surface area contributed by atoms with Crippen LogP contribution in [0.3, 0.4) is 0 Å². The summed E-state index contributed by atoms with van der Waals surface area (Å²) in [6, 6.07) is 6.91. The normalized spacial score (nSPS) is 12.4. The Kier molecular flexibility index (Phi) is 5.85. The first-order valence-electron chi connectivity index (χ1n) is 8.28. The highest BCUT2D eigenvalue weighted by Gasteiger charge is 2.36. The first-order valence-corrected chi connectivity index (χ1v) is 9.27. The fourth-order valence-electron chi connectivity index (χ4n) is 2.63. The van der Waals surface area contributed by atoms with E-state index in [1.807, 2.05) is 0 Å². The van der Waals surface area contributed by atoms with Crippen LogP contribution >= 0.6 is 11.8 Å². The van der Waals surface area contributed by atoms with Crippen molar-refractivity contribution < 1.29 is 35.1 Å². The highest BCUT2D eigenvalue weighted by atomic mass is 32.2. The third-order valence-corrected chi connectivity index (χ3v) is 5.23. The van der Waals surface area contributed by atoms with E-state index in [0.717, 1.165) is 12.1 Å². The molecule has 0 atom stereocenters. The summed E-state index contributed by atoms with van der Waals surface area (Å²) in [4.78, 5) is 0.186. The zero-order chi connectivity index (χ0) is 22.3. The third kappa shape index (κ3) is 4.94. The number of aryl methyl sites for hydroxylation is 1. The van der Waals surface area contributed by atoms with Crippen LogP contribution < -0.4 is 0 Å². The van der Waals surface area contributed by atoms with Crippen LogP contribution in [0.5, 0.6) is 0 Å². The van der Waals surface area contributed by atoms with Crippen LogP contribution in [0.25, 0.3) is 16.9 Å². The maximum atomic E-state index is 14.2. The largest absolute Gasteiger partial charge is 0.435 e. The minimum Gasteiger partial charge on any atom is -0.229 e. The molecule has 3 rings (SSSR count). The summed E-state index contributed by atoms with van der Waals surface area (Å²) in [5, 5.41) is 3.37. The Morgan fingerprint density at radius 1 is 0.933 bits per heavy atom. The van der Waals surface area contributed by atoms with Crippen molar-refractivity contribution in [1.29, 1.82) is 0 Å². The lowest BCUT2D eigenvalue weighted by Crippen LogP contribution is -2.10. The number of benzene rings is 2. The molecule has 1 aromatic heterocycles. The van der Waals surface area contributed by atoms with E-state index in [1.54, 1.807) is 6.92 Å². The number of rotatable bonds is 4. The summed E-state index contributed by atoms with van der Waals surface area (Å²) in [6.07, 6.45) is -9.31. The molecule has 0 spiro atoms. The van der Waals surface area contributed by atoms with Crippen molar-refractivity contribution in [3.05, 3.63) is 65.4 Å². The zero-order valence-electron chi connectivity index (χ0n) is 15.1. The number of halogens is 8. The molecule has 2 aromatic carbocycles. The van der Waals surface area contributed by atoms with Crippen molar-refractivity contribution in [1.82, 2.24) is 9.78 Å². The van der Waals surface area contributed by atoms with E-state index < -0.39 is 41.1 Å². The van der Waals surface area contributed by atoms with Gasteiger partial charge in [0.15, 0.2) is 5.69 Å². The van der Waals surface area contributed by atoms with Gasteiger partial charge >= 0.3 is 12.4 Å². The average molecular weight is 452 g/mol. The highest BCUT2D eigenvalue weighted by molar-refractivity contribution is 7.99. The van der Waals surface area contributed by atoms with E-state index in [4.69, 9.17) is 0 Å². The summed E-state index contributed by atoms with van der Waals surface area (Å²) >= 11 is 0.471. The van der Waals surface area contributed by atoms with Crippen LogP contribution in [-0.4, -0.2) is 21.7 Å². The summed E-state index contributed by atoms with van der Waals surface area (Å²) in [6.45, 7) is 1.55. The molecule has 0 fully saturated rings. The summed E-state index contributed by atoms with van der Waals surface area (Å²) < 4.78 is 106. The molecule has 30 heavy (non-hydrogen) atoms. The number of hydrogen-bond donors (Lipinski definition) is 0. The predicted octanol–water partition coefficient (Wildman–Crippen LogP) is 6.80. The van der Waals surface area contributed by atoms with Gasteiger partial charge in [-0.25, -0.2) is 13.5 Å². The molecule has 0 aliphatic rings. The summed E-state index contributed by atoms with van der Waals surface area (Å²) in [7, 11) is 0. The monoisotopic (exact) mass is 452 g/mol. The van der Waals surface area contributed by atoms with E-state index in [-0.39, 0.29) is 16.2 Å². The van der Waals surface area contributed by atoms with E-state index in [2.05, 4.69) is 5.10 Å². The summed E-state index contributed by atoms with van der Waals surface area (Å²) in [5.74, 6) is -3.11. The van der Waals surface area contributed by atoms with Gasteiger partial charge in [-0.15, -0.1) is 11.8 Å². The van der Waals surface area contributed by atoms with Gasteiger partial charge in [-0.2, -0.15) is 31.4 Å². The molecule has 3 aromatic rings.